The highest BCUT2D eigenvalue weighted by atomic mass is 32.2. The van der Waals surface area contributed by atoms with Crippen molar-refractivity contribution in [3.05, 3.63) is 23.8 Å². The molecule has 0 spiro atoms. The molecule has 1 aliphatic rings. The Morgan fingerprint density at radius 2 is 1.90 bits per heavy atom. The molecule has 1 aromatic carbocycles. The number of methoxy groups -OCH3 is 2. The highest BCUT2D eigenvalue weighted by Gasteiger charge is 2.16. The topological polar surface area (TPSA) is 30.5 Å². The van der Waals surface area contributed by atoms with Crippen molar-refractivity contribution in [2.24, 2.45) is 0 Å². The predicted octanol–water partition coefficient (Wildman–Crippen LogP) is 3.12. The van der Waals surface area contributed by atoms with Gasteiger partial charge in [-0.05, 0) is 55.4 Å². The Morgan fingerprint density at radius 3 is 2.55 bits per heavy atom. The number of thioether (sulfide) groups is 1. The summed E-state index contributed by atoms with van der Waals surface area (Å²) in [5, 5.41) is 3.75. The number of hydrogen-bond acceptors (Lipinski definition) is 4. The molecule has 1 aromatic rings. The highest BCUT2D eigenvalue weighted by molar-refractivity contribution is 7.99. The Labute approximate surface area is 126 Å². The van der Waals surface area contributed by atoms with Gasteiger partial charge in [0.05, 0.1) is 14.2 Å². The molecule has 0 bridgehead atoms. The lowest BCUT2D eigenvalue weighted by Crippen LogP contribution is -2.39. The summed E-state index contributed by atoms with van der Waals surface area (Å²) in [5.41, 5.74) is 1.29. The molecule has 3 nitrogen and oxygen atoms in total. The second kappa shape index (κ2) is 7.79. The molecule has 1 unspecified atom stereocenters. The molecule has 1 aliphatic heterocycles. The summed E-state index contributed by atoms with van der Waals surface area (Å²) in [4.78, 5) is 0. The van der Waals surface area contributed by atoms with E-state index in [1.807, 2.05) is 6.07 Å². The van der Waals surface area contributed by atoms with Crippen LogP contribution in [-0.4, -0.2) is 37.8 Å². The Kier molecular flexibility index (Phi) is 6.05. The van der Waals surface area contributed by atoms with Crippen LogP contribution in [0.3, 0.4) is 0 Å². The van der Waals surface area contributed by atoms with Gasteiger partial charge in [0.1, 0.15) is 0 Å². The minimum absolute atomic E-state index is 0.487. The van der Waals surface area contributed by atoms with E-state index in [1.54, 1.807) is 14.2 Å². The maximum atomic E-state index is 5.36. The van der Waals surface area contributed by atoms with Crippen molar-refractivity contribution < 1.29 is 9.47 Å². The largest absolute Gasteiger partial charge is 0.493 e. The summed E-state index contributed by atoms with van der Waals surface area (Å²) in [6.07, 6.45) is 3.60. The molecule has 112 valence electrons. The van der Waals surface area contributed by atoms with Crippen LogP contribution in [0.4, 0.5) is 0 Å². The molecule has 0 amide bonds. The standard InChI is InChI=1S/C16H25NO2S/c1-12(17-14-6-8-20-9-7-14)10-13-4-5-15(18-2)16(11-13)19-3/h4-5,11-12,14,17H,6-10H2,1-3H3. The van der Waals surface area contributed by atoms with Crippen LogP contribution in [0.1, 0.15) is 25.3 Å². The third-order valence-corrected chi connectivity index (χ3v) is 4.78. The number of ether oxygens (including phenoxy) is 2. The van der Waals surface area contributed by atoms with E-state index < -0.39 is 0 Å². The zero-order chi connectivity index (χ0) is 14.4. The Balaban J connectivity index is 1.91. The number of rotatable bonds is 6. The van der Waals surface area contributed by atoms with E-state index in [0.717, 1.165) is 17.9 Å². The maximum Gasteiger partial charge on any atom is 0.160 e. The average Bonchev–Trinajstić information content (AvgIpc) is 2.48. The summed E-state index contributed by atoms with van der Waals surface area (Å²) >= 11 is 2.07. The highest BCUT2D eigenvalue weighted by Crippen LogP contribution is 2.28. The molecule has 1 fully saturated rings. The van der Waals surface area contributed by atoms with Gasteiger partial charge in [0, 0.05) is 12.1 Å². The van der Waals surface area contributed by atoms with Crippen LogP contribution in [-0.2, 0) is 6.42 Å². The summed E-state index contributed by atoms with van der Waals surface area (Å²) in [6.45, 7) is 2.26. The second-order valence-electron chi connectivity index (χ2n) is 5.35. The van der Waals surface area contributed by atoms with Gasteiger partial charge in [-0.1, -0.05) is 6.07 Å². The summed E-state index contributed by atoms with van der Waals surface area (Å²) in [5.74, 6) is 4.19. The van der Waals surface area contributed by atoms with Gasteiger partial charge in [0.25, 0.3) is 0 Å². The van der Waals surface area contributed by atoms with Gasteiger partial charge < -0.3 is 14.8 Å². The molecule has 20 heavy (non-hydrogen) atoms. The molecule has 1 atom stereocenters. The number of nitrogens with one attached hydrogen (secondary N) is 1. The van der Waals surface area contributed by atoms with Crippen LogP contribution >= 0.6 is 11.8 Å². The first kappa shape index (κ1) is 15.5. The SMILES string of the molecule is COc1ccc(CC(C)NC2CCSCC2)cc1OC. The van der Waals surface area contributed by atoms with E-state index in [2.05, 4.69) is 36.1 Å². The fraction of sp³-hybridized carbons (Fsp3) is 0.625. The number of hydrogen-bond donors (Lipinski definition) is 1. The van der Waals surface area contributed by atoms with Crippen molar-refractivity contribution in [3.8, 4) is 11.5 Å². The van der Waals surface area contributed by atoms with Crippen molar-refractivity contribution in [1.29, 1.82) is 0 Å². The first-order chi connectivity index (χ1) is 9.72. The van der Waals surface area contributed by atoms with Gasteiger partial charge in [0.2, 0.25) is 0 Å². The van der Waals surface area contributed by atoms with Crippen LogP contribution in [0.2, 0.25) is 0 Å². The summed E-state index contributed by atoms with van der Waals surface area (Å²) < 4.78 is 10.6. The van der Waals surface area contributed by atoms with E-state index in [-0.39, 0.29) is 0 Å². The molecule has 0 aromatic heterocycles. The lowest BCUT2D eigenvalue weighted by Gasteiger charge is -2.26. The molecular formula is C16H25NO2S. The normalized spacial score (nSPS) is 17.8. The Hall–Kier alpha value is -0.870. The van der Waals surface area contributed by atoms with E-state index in [1.165, 1.54) is 29.9 Å². The summed E-state index contributed by atoms with van der Waals surface area (Å²) in [7, 11) is 3.35. The van der Waals surface area contributed by atoms with Crippen molar-refractivity contribution in [2.45, 2.75) is 38.3 Å². The third kappa shape index (κ3) is 4.32. The number of benzene rings is 1. The smallest absolute Gasteiger partial charge is 0.160 e. The first-order valence-corrected chi connectivity index (χ1v) is 8.43. The molecule has 0 radical (unpaired) electrons. The summed E-state index contributed by atoms with van der Waals surface area (Å²) in [6, 6.07) is 7.36. The van der Waals surface area contributed by atoms with Crippen LogP contribution in [0.25, 0.3) is 0 Å². The van der Waals surface area contributed by atoms with Crippen LogP contribution < -0.4 is 14.8 Å². The van der Waals surface area contributed by atoms with Gasteiger partial charge in [-0.2, -0.15) is 11.8 Å². The molecule has 4 heteroatoms. The third-order valence-electron chi connectivity index (χ3n) is 3.73. The molecule has 1 N–H and O–H groups in total. The lowest BCUT2D eigenvalue weighted by molar-refractivity contribution is 0.354. The fourth-order valence-corrected chi connectivity index (χ4v) is 3.79. The first-order valence-electron chi connectivity index (χ1n) is 7.27. The molecule has 1 heterocycles. The van der Waals surface area contributed by atoms with E-state index in [0.29, 0.717) is 12.1 Å². The van der Waals surface area contributed by atoms with Crippen molar-refractivity contribution in [2.75, 3.05) is 25.7 Å². The second-order valence-corrected chi connectivity index (χ2v) is 6.57. The molecule has 1 saturated heterocycles. The minimum atomic E-state index is 0.487. The van der Waals surface area contributed by atoms with Gasteiger partial charge in [-0.15, -0.1) is 0 Å². The van der Waals surface area contributed by atoms with E-state index in [9.17, 15) is 0 Å². The Morgan fingerprint density at radius 1 is 1.20 bits per heavy atom. The average molecular weight is 295 g/mol. The van der Waals surface area contributed by atoms with Gasteiger partial charge in [-0.25, -0.2) is 0 Å². The van der Waals surface area contributed by atoms with Crippen LogP contribution in [0.5, 0.6) is 11.5 Å². The fourth-order valence-electron chi connectivity index (χ4n) is 2.69. The van der Waals surface area contributed by atoms with Crippen molar-refractivity contribution >= 4 is 11.8 Å². The van der Waals surface area contributed by atoms with E-state index >= 15 is 0 Å². The molecule has 2 rings (SSSR count). The molecule has 0 aliphatic carbocycles. The van der Waals surface area contributed by atoms with Crippen molar-refractivity contribution in [1.82, 2.24) is 5.32 Å². The monoisotopic (exact) mass is 295 g/mol. The van der Waals surface area contributed by atoms with Crippen molar-refractivity contribution in [3.63, 3.8) is 0 Å². The zero-order valence-electron chi connectivity index (χ0n) is 12.6. The molecular weight excluding hydrogens is 270 g/mol. The predicted molar refractivity (Wildman–Crippen MR) is 86.2 cm³/mol. The molecule has 0 saturated carbocycles. The maximum absolute atomic E-state index is 5.36. The van der Waals surface area contributed by atoms with Gasteiger partial charge in [-0.3, -0.25) is 0 Å². The van der Waals surface area contributed by atoms with Gasteiger partial charge >= 0.3 is 0 Å². The lowest BCUT2D eigenvalue weighted by atomic mass is 10.0. The van der Waals surface area contributed by atoms with Crippen LogP contribution in [0, 0.1) is 0 Å². The minimum Gasteiger partial charge on any atom is -0.493 e. The van der Waals surface area contributed by atoms with Crippen LogP contribution in [0.15, 0.2) is 18.2 Å². The quantitative estimate of drug-likeness (QED) is 0.873. The zero-order valence-corrected chi connectivity index (χ0v) is 13.5. The van der Waals surface area contributed by atoms with Gasteiger partial charge in [0.15, 0.2) is 11.5 Å². The Bertz CT molecular complexity index is 419. The van der Waals surface area contributed by atoms with E-state index in [4.69, 9.17) is 9.47 Å².